The van der Waals surface area contributed by atoms with Crippen LogP contribution >= 0.6 is 11.3 Å². The Balaban J connectivity index is 2.15. The highest BCUT2D eigenvalue weighted by atomic mass is 32.1. The Kier molecular flexibility index (Phi) is 4.05. The molecule has 0 radical (unpaired) electrons. The van der Waals surface area contributed by atoms with Gasteiger partial charge in [-0.25, -0.2) is 4.98 Å². The topological polar surface area (TPSA) is 28.2 Å². The lowest BCUT2D eigenvalue weighted by Crippen LogP contribution is -2.66. The summed E-state index contributed by atoms with van der Waals surface area (Å²) in [6, 6.07) is 0. The number of aromatic nitrogens is 1. The molecule has 0 aliphatic carbocycles. The van der Waals surface area contributed by atoms with Crippen LogP contribution in [-0.2, 0) is 6.54 Å². The zero-order valence-corrected chi connectivity index (χ0v) is 13.9. The van der Waals surface area contributed by atoms with Gasteiger partial charge in [0.15, 0.2) is 0 Å². The van der Waals surface area contributed by atoms with E-state index in [0.29, 0.717) is 0 Å². The molecule has 0 amide bonds. The van der Waals surface area contributed by atoms with Gasteiger partial charge in [0, 0.05) is 29.0 Å². The number of hydrogen-bond acceptors (Lipinski definition) is 4. The van der Waals surface area contributed by atoms with Crippen molar-refractivity contribution in [2.24, 2.45) is 0 Å². The molecule has 3 nitrogen and oxygen atoms in total. The average molecular weight is 281 g/mol. The van der Waals surface area contributed by atoms with Gasteiger partial charge in [-0.1, -0.05) is 6.92 Å². The second kappa shape index (κ2) is 5.15. The summed E-state index contributed by atoms with van der Waals surface area (Å²) in [5.74, 6) is 0. The van der Waals surface area contributed by atoms with Gasteiger partial charge in [0.1, 0.15) is 5.01 Å². The van der Waals surface area contributed by atoms with E-state index in [9.17, 15) is 0 Å². The van der Waals surface area contributed by atoms with Crippen LogP contribution < -0.4 is 5.32 Å². The molecule has 1 aromatic rings. The summed E-state index contributed by atoms with van der Waals surface area (Å²) in [5.41, 5.74) is 1.62. The summed E-state index contributed by atoms with van der Waals surface area (Å²) in [5, 5.41) is 4.96. The number of nitrogens with one attached hydrogen (secondary N) is 1. The molecule has 1 saturated heterocycles. The minimum atomic E-state index is 0.197. The summed E-state index contributed by atoms with van der Waals surface area (Å²) in [6.45, 7) is 16.6. The highest BCUT2D eigenvalue weighted by Gasteiger charge is 2.39. The molecule has 0 spiro atoms. The van der Waals surface area contributed by atoms with Crippen molar-refractivity contribution in [3.8, 4) is 0 Å². The van der Waals surface area contributed by atoms with E-state index in [2.05, 4.69) is 51.8 Å². The molecule has 4 heteroatoms. The van der Waals surface area contributed by atoms with E-state index in [0.717, 1.165) is 26.1 Å². The quantitative estimate of drug-likeness (QED) is 0.922. The van der Waals surface area contributed by atoms with Gasteiger partial charge < -0.3 is 5.32 Å². The van der Waals surface area contributed by atoms with E-state index in [-0.39, 0.29) is 11.1 Å². The summed E-state index contributed by atoms with van der Waals surface area (Å²) < 4.78 is 0. The molecule has 108 valence electrons. The smallest absolute Gasteiger partial charge is 0.107 e. The first kappa shape index (κ1) is 14.9. The first-order valence-corrected chi connectivity index (χ1v) is 8.00. The summed E-state index contributed by atoms with van der Waals surface area (Å²) in [6.07, 6.45) is 1.16. The molecular weight excluding hydrogens is 254 g/mol. The van der Waals surface area contributed by atoms with Crippen molar-refractivity contribution in [2.75, 3.05) is 13.1 Å². The first-order valence-electron chi connectivity index (χ1n) is 7.19. The molecule has 1 aromatic heterocycles. The zero-order chi connectivity index (χ0) is 14.3. The third kappa shape index (κ3) is 3.18. The molecule has 1 unspecified atom stereocenters. The lowest BCUT2D eigenvalue weighted by atomic mass is 9.88. The fourth-order valence-corrected chi connectivity index (χ4v) is 3.46. The predicted octanol–water partition coefficient (Wildman–Crippen LogP) is 3.11. The van der Waals surface area contributed by atoms with Gasteiger partial charge in [0.25, 0.3) is 0 Å². The van der Waals surface area contributed by atoms with E-state index in [4.69, 9.17) is 4.98 Å². The maximum Gasteiger partial charge on any atom is 0.107 e. The minimum Gasteiger partial charge on any atom is -0.308 e. The maximum absolute atomic E-state index is 4.70. The second-order valence-electron chi connectivity index (χ2n) is 6.69. The Morgan fingerprint density at radius 1 is 1.32 bits per heavy atom. The normalized spacial score (nSPS) is 27.7. The van der Waals surface area contributed by atoms with Crippen LogP contribution in [0.25, 0.3) is 0 Å². The van der Waals surface area contributed by atoms with Crippen LogP contribution in [0.1, 0.15) is 49.7 Å². The van der Waals surface area contributed by atoms with Crippen LogP contribution in [-0.4, -0.2) is 34.1 Å². The number of thiazole rings is 1. The lowest BCUT2D eigenvalue weighted by molar-refractivity contribution is 0.0245. The highest BCUT2D eigenvalue weighted by Crippen LogP contribution is 2.28. The molecule has 1 N–H and O–H groups in total. The molecule has 2 heterocycles. The zero-order valence-electron chi connectivity index (χ0n) is 13.1. The molecular formula is C15H27N3S. The molecule has 1 atom stereocenters. The Morgan fingerprint density at radius 2 is 2.00 bits per heavy atom. The molecule has 1 aliphatic heterocycles. The highest BCUT2D eigenvalue weighted by molar-refractivity contribution is 7.11. The molecule has 19 heavy (non-hydrogen) atoms. The molecule has 0 saturated carbocycles. The van der Waals surface area contributed by atoms with Crippen LogP contribution in [0.15, 0.2) is 0 Å². The van der Waals surface area contributed by atoms with Crippen molar-refractivity contribution in [3.05, 3.63) is 15.6 Å². The first-order chi connectivity index (χ1) is 8.76. The van der Waals surface area contributed by atoms with Crippen molar-refractivity contribution >= 4 is 11.3 Å². The van der Waals surface area contributed by atoms with Crippen molar-refractivity contribution < 1.29 is 0 Å². The number of hydrogen-bond donors (Lipinski definition) is 1. The van der Waals surface area contributed by atoms with Crippen molar-refractivity contribution in [1.82, 2.24) is 15.2 Å². The van der Waals surface area contributed by atoms with Crippen molar-refractivity contribution in [3.63, 3.8) is 0 Å². The van der Waals surface area contributed by atoms with Gasteiger partial charge in [0.2, 0.25) is 0 Å². The number of nitrogens with zero attached hydrogens (tertiary/aromatic N) is 2. The van der Waals surface area contributed by atoms with E-state index >= 15 is 0 Å². The summed E-state index contributed by atoms with van der Waals surface area (Å²) in [7, 11) is 0. The number of piperazine rings is 1. The fraction of sp³-hybridized carbons (Fsp3) is 0.800. The Bertz CT molecular complexity index is 433. The molecule has 1 aliphatic rings. The van der Waals surface area contributed by atoms with Crippen LogP contribution in [0.5, 0.6) is 0 Å². The Labute approximate surface area is 121 Å². The van der Waals surface area contributed by atoms with Crippen LogP contribution in [0, 0.1) is 13.8 Å². The second-order valence-corrected chi connectivity index (χ2v) is 7.97. The monoisotopic (exact) mass is 281 g/mol. The fourth-order valence-electron chi connectivity index (χ4n) is 2.51. The van der Waals surface area contributed by atoms with Crippen LogP contribution in [0.2, 0.25) is 0 Å². The third-order valence-corrected chi connectivity index (χ3v) is 5.58. The van der Waals surface area contributed by atoms with Gasteiger partial charge in [0.05, 0.1) is 12.2 Å². The van der Waals surface area contributed by atoms with Gasteiger partial charge in [-0.3, -0.25) is 4.90 Å². The van der Waals surface area contributed by atoms with E-state index in [1.807, 2.05) is 11.3 Å². The lowest BCUT2D eigenvalue weighted by Gasteiger charge is -2.50. The molecule has 0 aromatic carbocycles. The average Bonchev–Trinajstić information content (AvgIpc) is 2.64. The van der Waals surface area contributed by atoms with Gasteiger partial charge in [-0.05, 0) is 41.0 Å². The van der Waals surface area contributed by atoms with Crippen molar-refractivity contribution in [2.45, 2.75) is 65.6 Å². The molecule has 0 bridgehead atoms. The van der Waals surface area contributed by atoms with Crippen LogP contribution in [0.3, 0.4) is 0 Å². The maximum atomic E-state index is 4.70. The minimum absolute atomic E-state index is 0.197. The molecule has 1 fully saturated rings. The standard InChI is InChI=1S/C15H27N3S/c1-7-15(6)10-18(14(4,5)9-16-15)8-13-17-11(2)12(3)19-13/h16H,7-10H2,1-6H3. The largest absolute Gasteiger partial charge is 0.308 e. The SMILES string of the molecule is CCC1(C)CN(Cc2nc(C)c(C)s2)C(C)(C)CN1. The van der Waals surface area contributed by atoms with Crippen LogP contribution in [0.4, 0.5) is 0 Å². The molecule has 2 rings (SSSR count). The predicted molar refractivity (Wildman–Crippen MR) is 82.8 cm³/mol. The van der Waals surface area contributed by atoms with Gasteiger partial charge in [-0.2, -0.15) is 0 Å². The summed E-state index contributed by atoms with van der Waals surface area (Å²) >= 11 is 1.84. The Hall–Kier alpha value is -0.450. The van der Waals surface area contributed by atoms with Crippen molar-refractivity contribution in [1.29, 1.82) is 0 Å². The third-order valence-electron chi connectivity index (χ3n) is 4.52. The summed E-state index contributed by atoms with van der Waals surface area (Å²) in [4.78, 5) is 8.64. The Morgan fingerprint density at radius 3 is 2.53 bits per heavy atom. The number of rotatable bonds is 3. The van der Waals surface area contributed by atoms with E-state index in [1.54, 1.807) is 0 Å². The number of aryl methyl sites for hydroxylation is 2. The van der Waals surface area contributed by atoms with Gasteiger partial charge >= 0.3 is 0 Å². The van der Waals surface area contributed by atoms with E-state index in [1.165, 1.54) is 15.6 Å². The van der Waals surface area contributed by atoms with E-state index < -0.39 is 0 Å². The van der Waals surface area contributed by atoms with Gasteiger partial charge in [-0.15, -0.1) is 11.3 Å².